The van der Waals surface area contributed by atoms with Gasteiger partial charge in [0.15, 0.2) is 0 Å². The highest BCUT2D eigenvalue weighted by atomic mass is 35.5. The van der Waals surface area contributed by atoms with Gasteiger partial charge in [-0.05, 0) is 36.4 Å². The molecule has 0 spiro atoms. The lowest BCUT2D eigenvalue weighted by atomic mass is 10.1. The number of halogens is 1. The molecule has 0 fully saturated rings. The number of aromatic amines is 1. The Morgan fingerprint density at radius 1 is 0.920 bits per heavy atom. The summed E-state index contributed by atoms with van der Waals surface area (Å²) < 4.78 is 0. The third-order valence-electron chi connectivity index (χ3n) is 3.63. The fourth-order valence-corrected chi connectivity index (χ4v) is 2.35. The van der Waals surface area contributed by atoms with Crippen molar-refractivity contribution in [3.8, 4) is 0 Å². The molecular formula is C17H17ClN6O. The zero-order valence-electron chi connectivity index (χ0n) is 13.1. The summed E-state index contributed by atoms with van der Waals surface area (Å²) >= 11 is 0. The number of carbonyl (C=O) groups excluding carboxylic acids is 1. The summed E-state index contributed by atoms with van der Waals surface area (Å²) in [4.78, 5) is 15.4. The summed E-state index contributed by atoms with van der Waals surface area (Å²) in [5.41, 5.74) is 13.8. The largest absolute Gasteiger partial charge is 0.384 e. The molecule has 1 amide bonds. The number of nitrogens with two attached hydrogens (primary N) is 2. The molecule has 1 aromatic heterocycles. The molecule has 0 atom stereocenters. The van der Waals surface area contributed by atoms with E-state index >= 15 is 0 Å². The maximum absolute atomic E-state index is 12.3. The van der Waals surface area contributed by atoms with Crippen molar-refractivity contribution in [2.24, 2.45) is 11.5 Å². The minimum atomic E-state index is -0.286. The normalized spacial score (nSPS) is 10.1. The minimum absolute atomic E-state index is 0. The third kappa shape index (κ3) is 3.78. The molecule has 8 N–H and O–H groups in total. The number of nitrogen functional groups attached to an aromatic ring is 2. The Morgan fingerprint density at radius 2 is 1.52 bits per heavy atom. The zero-order chi connectivity index (χ0) is 17.3. The molecule has 0 radical (unpaired) electrons. The highest BCUT2D eigenvalue weighted by molar-refractivity contribution is 6.07. The van der Waals surface area contributed by atoms with Crippen molar-refractivity contribution in [1.29, 1.82) is 10.8 Å². The van der Waals surface area contributed by atoms with Gasteiger partial charge >= 0.3 is 0 Å². The second kappa shape index (κ2) is 7.06. The van der Waals surface area contributed by atoms with Gasteiger partial charge in [-0.25, -0.2) is 0 Å². The van der Waals surface area contributed by atoms with E-state index in [0.717, 1.165) is 10.9 Å². The molecule has 0 bridgehead atoms. The van der Waals surface area contributed by atoms with E-state index in [0.29, 0.717) is 22.5 Å². The number of aromatic nitrogens is 1. The van der Waals surface area contributed by atoms with Crippen LogP contribution in [0.15, 0.2) is 48.5 Å². The van der Waals surface area contributed by atoms with Crippen LogP contribution in [-0.2, 0) is 0 Å². The van der Waals surface area contributed by atoms with E-state index in [2.05, 4.69) is 10.3 Å². The molecule has 0 aliphatic carbocycles. The Morgan fingerprint density at radius 3 is 2.12 bits per heavy atom. The van der Waals surface area contributed by atoms with Crippen molar-refractivity contribution in [2.45, 2.75) is 0 Å². The predicted molar refractivity (Wildman–Crippen MR) is 102 cm³/mol. The predicted octanol–water partition coefficient (Wildman–Crippen LogP) is 2.41. The van der Waals surface area contributed by atoms with E-state index in [9.17, 15) is 4.79 Å². The van der Waals surface area contributed by atoms with Crippen molar-refractivity contribution in [3.63, 3.8) is 0 Å². The molecule has 3 rings (SSSR count). The minimum Gasteiger partial charge on any atom is -0.384 e. The Hall–Kier alpha value is -3.32. The summed E-state index contributed by atoms with van der Waals surface area (Å²) in [6.45, 7) is 0. The highest BCUT2D eigenvalue weighted by Crippen LogP contribution is 2.18. The molecule has 8 heteroatoms. The van der Waals surface area contributed by atoms with Crippen molar-refractivity contribution in [2.75, 3.05) is 5.32 Å². The fourth-order valence-electron chi connectivity index (χ4n) is 2.35. The maximum atomic E-state index is 12.3. The molecule has 7 nitrogen and oxygen atoms in total. The van der Waals surface area contributed by atoms with Crippen molar-refractivity contribution >= 4 is 46.6 Å². The van der Waals surface area contributed by atoms with Crippen LogP contribution in [0.25, 0.3) is 10.9 Å². The number of fused-ring (bicyclic) bond motifs is 1. The number of anilines is 1. The number of H-pyrrole nitrogens is 1. The number of amidine groups is 2. The molecule has 1 heterocycles. The van der Waals surface area contributed by atoms with E-state index in [1.54, 1.807) is 48.5 Å². The Labute approximate surface area is 149 Å². The lowest BCUT2D eigenvalue weighted by Gasteiger charge is -2.04. The number of rotatable bonds is 4. The van der Waals surface area contributed by atoms with Gasteiger partial charge in [0.1, 0.15) is 17.4 Å². The maximum Gasteiger partial charge on any atom is 0.272 e. The van der Waals surface area contributed by atoms with Crippen LogP contribution in [0.2, 0.25) is 0 Å². The number of nitrogens with one attached hydrogen (secondary N) is 4. The first-order valence-electron chi connectivity index (χ1n) is 7.17. The smallest absolute Gasteiger partial charge is 0.272 e. The Balaban J connectivity index is 0.00000225. The molecule has 0 aliphatic heterocycles. The van der Waals surface area contributed by atoms with Crippen LogP contribution in [0.1, 0.15) is 21.6 Å². The van der Waals surface area contributed by atoms with Crippen molar-refractivity contribution in [1.82, 2.24) is 4.98 Å². The van der Waals surface area contributed by atoms with Crippen molar-refractivity contribution < 1.29 is 4.79 Å². The molecule has 2 aromatic carbocycles. The molecule has 25 heavy (non-hydrogen) atoms. The third-order valence-corrected chi connectivity index (χ3v) is 3.63. The standard InChI is InChI=1S/C17H16N6O.ClH/c18-15(19)9-3-5-12(6-4-9)22-17(24)14-7-10-1-2-11(16(20)21)8-13(10)23-14;/h1-8,23H,(H3,18,19)(H3,20,21)(H,22,24);1H. The Bertz CT molecular complexity index is 961. The van der Waals surface area contributed by atoms with Gasteiger partial charge in [0.2, 0.25) is 0 Å². The summed E-state index contributed by atoms with van der Waals surface area (Å²) in [5, 5.41) is 18.4. The number of benzene rings is 2. The first-order valence-corrected chi connectivity index (χ1v) is 7.17. The SMILES string of the molecule is Cl.N=C(N)c1ccc(NC(=O)c2cc3ccc(C(=N)N)cc3[nH]2)cc1. The monoisotopic (exact) mass is 356 g/mol. The number of carbonyl (C=O) groups is 1. The summed E-state index contributed by atoms with van der Waals surface area (Å²) in [6.07, 6.45) is 0. The summed E-state index contributed by atoms with van der Waals surface area (Å²) in [6, 6.07) is 13.7. The van der Waals surface area contributed by atoms with E-state index in [1.165, 1.54) is 0 Å². The molecule has 0 unspecified atom stereocenters. The first kappa shape index (κ1) is 18.0. The van der Waals surface area contributed by atoms with Crippen LogP contribution >= 0.6 is 12.4 Å². The van der Waals surface area contributed by atoms with Gasteiger partial charge in [0.25, 0.3) is 5.91 Å². The number of hydrogen-bond donors (Lipinski definition) is 6. The number of hydrogen-bond acceptors (Lipinski definition) is 3. The van der Waals surface area contributed by atoms with Gasteiger partial charge in [-0.1, -0.05) is 12.1 Å². The van der Waals surface area contributed by atoms with Gasteiger partial charge in [-0.15, -0.1) is 12.4 Å². The average molecular weight is 357 g/mol. The van der Waals surface area contributed by atoms with Crippen LogP contribution < -0.4 is 16.8 Å². The number of amides is 1. The van der Waals surface area contributed by atoms with Crippen molar-refractivity contribution in [3.05, 3.63) is 65.4 Å². The second-order valence-electron chi connectivity index (χ2n) is 5.34. The molecule has 128 valence electrons. The van der Waals surface area contributed by atoms with E-state index in [-0.39, 0.29) is 30.0 Å². The van der Waals surface area contributed by atoms with Gasteiger partial charge in [0.05, 0.1) is 0 Å². The lowest BCUT2D eigenvalue weighted by Crippen LogP contribution is -2.13. The summed E-state index contributed by atoms with van der Waals surface area (Å²) in [5.74, 6) is -0.334. The molecular weight excluding hydrogens is 340 g/mol. The topological polar surface area (TPSA) is 145 Å². The first-order chi connectivity index (χ1) is 11.4. The fraction of sp³-hybridized carbons (Fsp3) is 0. The second-order valence-corrected chi connectivity index (χ2v) is 5.34. The summed E-state index contributed by atoms with van der Waals surface area (Å²) in [7, 11) is 0. The quantitative estimate of drug-likeness (QED) is 0.315. The van der Waals surface area contributed by atoms with Gasteiger partial charge < -0.3 is 21.8 Å². The van der Waals surface area contributed by atoms with Crippen LogP contribution in [-0.4, -0.2) is 22.6 Å². The van der Waals surface area contributed by atoms with E-state index in [4.69, 9.17) is 22.3 Å². The molecule has 0 saturated heterocycles. The van der Waals surface area contributed by atoms with Gasteiger partial charge in [0, 0.05) is 27.7 Å². The Kier molecular flexibility index (Phi) is 5.09. The van der Waals surface area contributed by atoms with Gasteiger partial charge in [-0.2, -0.15) is 0 Å². The lowest BCUT2D eigenvalue weighted by molar-refractivity contribution is 0.102. The molecule has 3 aromatic rings. The van der Waals surface area contributed by atoms with Crippen LogP contribution in [0, 0.1) is 10.8 Å². The highest BCUT2D eigenvalue weighted by Gasteiger charge is 2.11. The van der Waals surface area contributed by atoms with E-state index in [1.807, 2.05) is 0 Å². The molecule has 0 aliphatic rings. The van der Waals surface area contributed by atoms with Crippen LogP contribution in [0.5, 0.6) is 0 Å². The van der Waals surface area contributed by atoms with Gasteiger partial charge in [-0.3, -0.25) is 15.6 Å². The average Bonchev–Trinajstić information content (AvgIpc) is 2.98. The zero-order valence-corrected chi connectivity index (χ0v) is 13.9. The van der Waals surface area contributed by atoms with Crippen LogP contribution in [0.4, 0.5) is 5.69 Å². The molecule has 0 saturated carbocycles. The van der Waals surface area contributed by atoms with Crippen LogP contribution in [0.3, 0.4) is 0 Å². The van der Waals surface area contributed by atoms with E-state index < -0.39 is 0 Å².